The molecule has 0 saturated carbocycles. The lowest BCUT2D eigenvalue weighted by Gasteiger charge is -2.08. The SMILES string of the molecule is COC(=O)CNC(=O)c1cccc(C#CCCO)c1C. The van der Waals surface area contributed by atoms with Gasteiger partial charge in [0.2, 0.25) is 0 Å². The maximum absolute atomic E-state index is 12.0. The predicted octanol–water partition coefficient (Wildman–Crippen LogP) is 0.632. The normalized spacial score (nSPS) is 9.35. The Bertz CT molecular complexity index is 555. The fourth-order valence-corrected chi connectivity index (χ4v) is 1.55. The molecule has 0 bridgehead atoms. The number of hydrogen-bond donors (Lipinski definition) is 2. The molecule has 0 unspecified atom stereocenters. The Morgan fingerprint density at radius 2 is 2.15 bits per heavy atom. The lowest BCUT2D eigenvalue weighted by atomic mass is 10.0. The van der Waals surface area contributed by atoms with Crippen LogP contribution in [-0.4, -0.2) is 37.2 Å². The molecule has 0 saturated heterocycles. The fourth-order valence-electron chi connectivity index (χ4n) is 1.55. The molecule has 1 amide bonds. The molecule has 0 heterocycles. The molecule has 2 N–H and O–H groups in total. The van der Waals surface area contributed by atoms with E-state index in [4.69, 9.17) is 5.11 Å². The average Bonchev–Trinajstić information content (AvgIpc) is 2.46. The molecule has 0 radical (unpaired) electrons. The third kappa shape index (κ3) is 4.41. The van der Waals surface area contributed by atoms with Gasteiger partial charge in [0.1, 0.15) is 6.54 Å². The third-order valence-corrected chi connectivity index (χ3v) is 2.66. The number of methoxy groups -OCH3 is 1. The maximum atomic E-state index is 12.0. The van der Waals surface area contributed by atoms with E-state index >= 15 is 0 Å². The van der Waals surface area contributed by atoms with Crippen LogP contribution in [0.15, 0.2) is 18.2 Å². The first-order chi connectivity index (χ1) is 9.60. The molecule has 0 aromatic heterocycles. The van der Waals surface area contributed by atoms with E-state index in [2.05, 4.69) is 21.9 Å². The number of nitrogens with one attached hydrogen (secondary N) is 1. The van der Waals surface area contributed by atoms with Crippen molar-refractivity contribution in [3.63, 3.8) is 0 Å². The van der Waals surface area contributed by atoms with Crippen LogP contribution < -0.4 is 5.32 Å². The van der Waals surface area contributed by atoms with Gasteiger partial charge in [0.15, 0.2) is 0 Å². The third-order valence-electron chi connectivity index (χ3n) is 2.66. The van der Waals surface area contributed by atoms with E-state index in [-0.39, 0.29) is 19.1 Å². The lowest BCUT2D eigenvalue weighted by molar-refractivity contribution is -0.139. The van der Waals surface area contributed by atoms with Crippen molar-refractivity contribution in [2.75, 3.05) is 20.3 Å². The number of aliphatic hydroxyl groups is 1. The Morgan fingerprint density at radius 1 is 1.40 bits per heavy atom. The number of rotatable bonds is 4. The first-order valence-corrected chi connectivity index (χ1v) is 6.14. The first kappa shape index (κ1) is 15.7. The Kier molecular flexibility index (Phi) is 6.27. The zero-order valence-electron chi connectivity index (χ0n) is 11.5. The minimum Gasteiger partial charge on any atom is -0.468 e. The number of aliphatic hydroxyl groups excluding tert-OH is 1. The molecule has 0 spiro atoms. The minimum absolute atomic E-state index is 0.00531. The van der Waals surface area contributed by atoms with Crippen LogP contribution in [0.2, 0.25) is 0 Å². The summed E-state index contributed by atoms with van der Waals surface area (Å²) in [5.74, 6) is 4.86. The molecule has 5 nitrogen and oxygen atoms in total. The molecule has 1 aromatic carbocycles. The summed E-state index contributed by atoms with van der Waals surface area (Å²) in [7, 11) is 1.26. The quantitative estimate of drug-likeness (QED) is 0.624. The molecule has 0 aliphatic heterocycles. The van der Waals surface area contributed by atoms with Crippen molar-refractivity contribution in [3.05, 3.63) is 34.9 Å². The van der Waals surface area contributed by atoms with Gasteiger partial charge in [-0.25, -0.2) is 0 Å². The fraction of sp³-hybridized carbons (Fsp3) is 0.333. The maximum Gasteiger partial charge on any atom is 0.325 e. The number of hydrogen-bond acceptors (Lipinski definition) is 4. The second kappa shape index (κ2) is 7.97. The van der Waals surface area contributed by atoms with E-state index in [0.717, 1.165) is 11.1 Å². The van der Waals surface area contributed by atoms with Crippen molar-refractivity contribution in [1.82, 2.24) is 5.32 Å². The summed E-state index contributed by atoms with van der Waals surface area (Å²) < 4.78 is 4.46. The van der Waals surface area contributed by atoms with Crippen LogP contribution in [0.1, 0.15) is 27.9 Å². The van der Waals surface area contributed by atoms with Crippen molar-refractivity contribution in [2.45, 2.75) is 13.3 Å². The van der Waals surface area contributed by atoms with Gasteiger partial charge < -0.3 is 15.2 Å². The Balaban J connectivity index is 2.86. The summed E-state index contributed by atoms with van der Waals surface area (Å²) in [5.41, 5.74) is 1.93. The van der Waals surface area contributed by atoms with Crippen molar-refractivity contribution in [1.29, 1.82) is 0 Å². The summed E-state index contributed by atoms with van der Waals surface area (Å²) >= 11 is 0. The molecular weight excluding hydrogens is 258 g/mol. The largest absolute Gasteiger partial charge is 0.468 e. The van der Waals surface area contributed by atoms with Crippen LogP contribution >= 0.6 is 0 Å². The minimum atomic E-state index is -0.505. The van der Waals surface area contributed by atoms with E-state index in [0.29, 0.717) is 12.0 Å². The highest BCUT2D eigenvalue weighted by Gasteiger charge is 2.12. The molecular formula is C15H17NO4. The monoisotopic (exact) mass is 275 g/mol. The van der Waals surface area contributed by atoms with E-state index in [1.165, 1.54) is 7.11 Å². The lowest BCUT2D eigenvalue weighted by Crippen LogP contribution is -2.30. The van der Waals surface area contributed by atoms with Gasteiger partial charge in [0.05, 0.1) is 13.7 Å². The molecule has 0 aliphatic carbocycles. The predicted molar refractivity (Wildman–Crippen MR) is 74.1 cm³/mol. The van der Waals surface area contributed by atoms with Crippen molar-refractivity contribution in [3.8, 4) is 11.8 Å². The van der Waals surface area contributed by atoms with Gasteiger partial charge in [-0.2, -0.15) is 0 Å². The van der Waals surface area contributed by atoms with E-state index < -0.39 is 5.97 Å². The number of benzene rings is 1. The molecule has 1 rings (SSSR count). The van der Waals surface area contributed by atoms with Crippen LogP contribution in [0.4, 0.5) is 0 Å². The topological polar surface area (TPSA) is 75.6 Å². The second-order valence-corrected chi connectivity index (χ2v) is 4.01. The van der Waals surface area contributed by atoms with E-state index in [1.807, 2.05) is 0 Å². The average molecular weight is 275 g/mol. The zero-order valence-corrected chi connectivity index (χ0v) is 11.5. The summed E-state index contributed by atoms with van der Waals surface area (Å²) in [5, 5.41) is 11.2. The van der Waals surface area contributed by atoms with E-state index in [9.17, 15) is 9.59 Å². The summed E-state index contributed by atoms with van der Waals surface area (Å²) in [6.45, 7) is 1.62. The first-order valence-electron chi connectivity index (χ1n) is 6.14. The van der Waals surface area contributed by atoms with Crippen LogP contribution in [-0.2, 0) is 9.53 Å². The number of esters is 1. The smallest absolute Gasteiger partial charge is 0.325 e. The van der Waals surface area contributed by atoms with Gasteiger partial charge in [0.25, 0.3) is 5.91 Å². The molecule has 0 aliphatic rings. The molecule has 106 valence electrons. The Hall–Kier alpha value is -2.32. The summed E-state index contributed by atoms with van der Waals surface area (Å²) in [4.78, 5) is 23.0. The molecule has 1 aromatic rings. The van der Waals surface area contributed by atoms with Gasteiger partial charge in [-0.1, -0.05) is 17.9 Å². The van der Waals surface area contributed by atoms with Crippen molar-refractivity contribution in [2.24, 2.45) is 0 Å². The number of carbonyl (C=O) groups is 2. The molecule has 0 atom stereocenters. The van der Waals surface area contributed by atoms with Crippen LogP contribution in [0.25, 0.3) is 0 Å². The molecule has 5 heteroatoms. The highest BCUT2D eigenvalue weighted by atomic mass is 16.5. The van der Waals surface area contributed by atoms with Gasteiger partial charge >= 0.3 is 5.97 Å². The summed E-state index contributed by atoms with van der Waals surface area (Å²) in [6, 6.07) is 5.19. The van der Waals surface area contributed by atoms with Crippen molar-refractivity contribution < 1.29 is 19.4 Å². The Morgan fingerprint density at radius 3 is 2.80 bits per heavy atom. The standard InChI is InChI=1S/C15H17NO4/c1-11-12(6-3-4-9-17)7-5-8-13(11)15(19)16-10-14(18)20-2/h5,7-8,17H,4,9-10H2,1-2H3,(H,16,19). The molecule has 20 heavy (non-hydrogen) atoms. The van der Waals surface area contributed by atoms with Gasteiger partial charge in [0, 0.05) is 17.5 Å². The van der Waals surface area contributed by atoms with Crippen LogP contribution in [0.5, 0.6) is 0 Å². The van der Waals surface area contributed by atoms with Gasteiger partial charge in [-0.15, -0.1) is 0 Å². The van der Waals surface area contributed by atoms with Gasteiger partial charge in [-0.3, -0.25) is 9.59 Å². The highest BCUT2D eigenvalue weighted by molar-refractivity contribution is 5.97. The number of amides is 1. The Labute approximate surface area is 117 Å². The van der Waals surface area contributed by atoms with Gasteiger partial charge in [-0.05, 0) is 24.6 Å². The second-order valence-electron chi connectivity index (χ2n) is 4.01. The van der Waals surface area contributed by atoms with Crippen molar-refractivity contribution >= 4 is 11.9 Å². The number of ether oxygens (including phenoxy) is 1. The van der Waals surface area contributed by atoms with E-state index in [1.54, 1.807) is 25.1 Å². The molecule has 0 fully saturated rings. The summed E-state index contributed by atoms with van der Waals surface area (Å²) in [6.07, 6.45) is 0.387. The van der Waals surface area contributed by atoms with Crippen LogP contribution in [0.3, 0.4) is 0 Å². The zero-order chi connectivity index (χ0) is 15.0. The van der Waals surface area contributed by atoms with Crippen LogP contribution in [0, 0.1) is 18.8 Å². The highest BCUT2D eigenvalue weighted by Crippen LogP contribution is 2.12. The number of carbonyl (C=O) groups excluding carboxylic acids is 2.